The van der Waals surface area contributed by atoms with Crippen molar-refractivity contribution in [3.8, 4) is 17.2 Å². The molecule has 5 heteroatoms. The summed E-state index contributed by atoms with van der Waals surface area (Å²) in [7, 11) is 0. The van der Waals surface area contributed by atoms with Gasteiger partial charge in [0.15, 0.2) is 11.5 Å². The van der Waals surface area contributed by atoms with E-state index < -0.39 is 0 Å². The molecule has 128 valence electrons. The normalized spacial score (nSPS) is 10.9. The van der Waals surface area contributed by atoms with Crippen LogP contribution in [0.5, 0.6) is 17.2 Å². The maximum atomic E-state index is 9.09. The van der Waals surface area contributed by atoms with Gasteiger partial charge in [-0.3, -0.25) is 0 Å². The number of aromatic hydroxyl groups is 3. The minimum absolute atomic E-state index is 0. The van der Waals surface area contributed by atoms with E-state index in [-0.39, 0.29) is 34.5 Å². The van der Waals surface area contributed by atoms with Crippen molar-refractivity contribution < 1.29 is 15.3 Å². The Balaban J connectivity index is 0.000000403. The van der Waals surface area contributed by atoms with Gasteiger partial charge in [0.05, 0.1) is 0 Å². The molecule has 1 atom stereocenters. The fourth-order valence-electron chi connectivity index (χ4n) is 2.07. The number of hydrogen-bond donors (Lipinski definition) is 4. The predicted molar refractivity (Wildman–Crippen MR) is 99.5 cm³/mol. The number of hydrogen-bond acceptors (Lipinski definition) is 4. The summed E-state index contributed by atoms with van der Waals surface area (Å²) in [5, 5.41) is 27.1. The van der Waals surface area contributed by atoms with Crippen LogP contribution in [-0.2, 0) is 12.8 Å². The topological polar surface area (TPSA) is 86.7 Å². The highest BCUT2D eigenvalue weighted by Crippen LogP contribution is 2.25. The Morgan fingerprint density at radius 1 is 0.957 bits per heavy atom. The van der Waals surface area contributed by atoms with Gasteiger partial charge in [-0.2, -0.15) is 0 Å². The Kier molecular flexibility index (Phi) is 10.1. The monoisotopic (exact) mass is 383 g/mol. The Bertz CT molecular complexity index is 588. The van der Waals surface area contributed by atoms with Crippen LogP contribution in [0.25, 0.3) is 0 Å². The van der Waals surface area contributed by atoms with E-state index >= 15 is 0 Å². The van der Waals surface area contributed by atoms with Gasteiger partial charge in [-0.05, 0) is 55.2 Å². The number of halogens is 1. The van der Waals surface area contributed by atoms with Gasteiger partial charge in [-0.15, -0.1) is 17.0 Å². The second kappa shape index (κ2) is 10.9. The summed E-state index contributed by atoms with van der Waals surface area (Å²) in [6.45, 7) is 4.02. The molecule has 0 aromatic heterocycles. The van der Waals surface area contributed by atoms with E-state index in [9.17, 15) is 0 Å². The summed E-state index contributed by atoms with van der Waals surface area (Å²) >= 11 is 0. The third-order valence-corrected chi connectivity index (χ3v) is 3.05. The van der Waals surface area contributed by atoms with Crippen LogP contribution in [0.3, 0.4) is 0 Å². The molecule has 0 aliphatic carbocycles. The summed E-state index contributed by atoms with van der Waals surface area (Å²) in [5.41, 5.74) is 7.73. The van der Waals surface area contributed by atoms with E-state index in [1.165, 1.54) is 6.07 Å². The first kappa shape index (κ1) is 21.3. The van der Waals surface area contributed by atoms with Gasteiger partial charge in [0.2, 0.25) is 0 Å². The van der Waals surface area contributed by atoms with Gasteiger partial charge in [-0.1, -0.05) is 31.5 Å². The molecule has 0 spiro atoms. The molecule has 0 aliphatic heterocycles. The molecule has 0 amide bonds. The lowest BCUT2D eigenvalue weighted by atomic mass is 10.1. The van der Waals surface area contributed by atoms with Crippen LogP contribution in [0, 0.1) is 0 Å². The summed E-state index contributed by atoms with van der Waals surface area (Å²) in [6.07, 6.45) is 2.80. The minimum atomic E-state index is -0.0511. The highest BCUT2D eigenvalue weighted by atomic mass is 79.9. The van der Waals surface area contributed by atoms with E-state index in [4.69, 9.17) is 21.1 Å². The molecule has 0 fully saturated rings. The fourth-order valence-corrected chi connectivity index (χ4v) is 2.07. The minimum Gasteiger partial charge on any atom is -0.508 e. The molecule has 0 saturated carbocycles. The number of aryl methyl sites for hydroxylation is 1. The summed E-state index contributed by atoms with van der Waals surface area (Å²) < 4.78 is 0. The van der Waals surface area contributed by atoms with Gasteiger partial charge >= 0.3 is 0 Å². The third kappa shape index (κ3) is 8.47. The van der Waals surface area contributed by atoms with Crippen molar-refractivity contribution in [2.45, 2.75) is 39.2 Å². The Morgan fingerprint density at radius 2 is 1.65 bits per heavy atom. The summed E-state index contributed by atoms with van der Waals surface area (Å²) in [4.78, 5) is 0. The molecule has 2 aromatic rings. The van der Waals surface area contributed by atoms with Crippen LogP contribution in [0.4, 0.5) is 0 Å². The third-order valence-electron chi connectivity index (χ3n) is 3.05. The van der Waals surface area contributed by atoms with E-state index in [0.717, 1.165) is 30.4 Å². The molecule has 0 aliphatic rings. The van der Waals surface area contributed by atoms with Crippen LogP contribution in [0.15, 0.2) is 42.5 Å². The smallest absolute Gasteiger partial charge is 0.157 e. The zero-order valence-electron chi connectivity index (χ0n) is 13.6. The van der Waals surface area contributed by atoms with Gasteiger partial charge in [0.1, 0.15) is 5.75 Å². The average molecular weight is 384 g/mol. The average Bonchev–Trinajstić information content (AvgIpc) is 2.43. The first-order valence-electron chi connectivity index (χ1n) is 7.46. The van der Waals surface area contributed by atoms with Gasteiger partial charge in [0.25, 0.3) is 0 Å². The number of benzene rings is 2. The first-order valence-corrected chi connectivity index (χ1v) is 7.46. The highest BCUT2D eigenvalue weighted by molar-refractivity contribution is 8.93. The zero-order valence-corrected chi connectivity index (χ0v) is 15.3. The van der Waals surface area contributed by atoms with Crippen LogP contribution >= 0.6 is 17.0 Å². The van der Waals surface area contributed by atoms with Crippen molar-refractivity contribution in [2.75, 3.05) is 0 Å². The first-order chi connectivity index (χ1) is 10.4. The number of nitrogens with two attached hydrogens (primary N) is 1. The molecule has 0 bridgehead atoms. The van der Waals surface area contributed by atoms with Crippen molar-refractivity contribution in [1.29, 1.82) is 0 Å². The van der Waals surface area contributed by atoms with Gasteiger partial charge in [0, 0.05) is 6.04 Å². The molecule has 1 unspecified atom stereocenters. The predicted octanol–water partition coefficient (Wildman–Crippen LogP) is 3.91. The molecule has 0 saturated heterocycles. The Morgan fingerprint density at radius 3 is 2.17 bits per heavy atom. The molecule has 2 aromatic carbocycles. The maximum absolute atomic E-state index is 9.09. The largest absolute Gasteiger partial charge is 0.508 e. The van der Waals surface area contributed by atoms with E-state index in [0.29, 0.717) is 5.75 Å². The van der Waals surface area contributed by atoms with Crippen molar-refractivity contribution in [3.63, 3.8) is 0 Å². The van der Waals surface area contributed by atoms with Crippen LogP contribution in [0.2, 0.25) is 0 Å². The Hall–Kier alpha value is -1.72. The lowest BCUT2D eigenvalue weighted by Crippen LogP contribution is -2.17. The summed E-state index contributed by atoms with van der Waals surface area (Å²) in [6, 6.07) is 12.3. The quantitative estimate of drug-likeness (QED) is 0.602. The molecule has 0 heterocycles. The Labute approximate surface area is 148 Å². The lowest BCUT2D eigenvalue weighted by molar-refractivity contribution is 0.403. The molecule has 5 N–H and O–H groups in total. The van der Waals surface area contributed by atoms with E-state index in [2.05, 4.69) is 6.92 Å². The standard InChI is InChI=1S/C9H13NO.C9H12O2.BrH/c1-7(10)5-8-3-2-4-9(11)6-8;1-2-3-7-4-5-8(10)9(11)6-7;/h2-4,6-7,11H,5,10H2,1H3;4-6,10-11H,2-3H2,1H3;1H. The van der Waals surface area contributed by atoms with Crippen molar-refractivity contribution >= 4 is 17.0 Å². The zero-order chi connectivity index (χ0) is 16.5. The van der Waals surface area contributed by atoms with E-state index in [1.54, 1.807) is 18.2 Å². The molecule has 23 heavy (non-hydrogen) atoms. The van der Waals surface area contributed by atoms with Crippen molar-refractivity contribution in [2.24, 2.45) is 5.73 Å². The molecular weight excluding hydrogens is 358 g/mol. The fraction of sp³-hybridized carbons (Fsp3) is 0.333. The molecule has 0 radical (unpaired) electrons. The highest BCUT2D eigenvalue weighted by Gasteiger charge is 1.98. The molecular formula is C18H26BrNO3. The van der Waals surface area contributed by atoms with Crippen LogP contribution in [-0.4, -0.2) is 21.4 Å². The number of phenols is 3. The summed E-state index contributed by atoms with van der Waals surface area (Å²) in [5.74, 6) is 0.226. The van der Waals surface area contributed by atoms with Crippen LogP contribution < -0.4 is 5.73 Å². The second-order valence-corrected chi connectivity index (χ2v) is 5.42. The van der Waals surface area contributed by atoms with Gasteiger partial charge in [-0.25, -0.2) is 0 Å². The van der Waals surface area contributed by atoms with Crippen LogP contribution in [0.1, 0.15) is 31.4 Å². The number of rotatable bonds is 4. The maximum Gasteiger partial charge on any atom is 0.157 e. The number of phenolic OH excluding ortho intramolecular Hbond substituents is 3. The molecule has 2 rings (SSSR count). The second-order valence-electron chi connectivity index (χ2n) is 5.42. The van der Waals surface area contributed by atoms with Gasteiger partial charge < -0.3 is 21.1 Å². The molecule has 4 nitrogen and oxygen atoms in total. The SMILES string of the molecule is Br.CC(N)Cc1cccc(O)c1.CCCc1ccc(O)c(O)c1. The van der Waals surface area contributed by atoms with E-state index in [1.807, 2.05) is 25.1 Å². The lowest BCUT2D eigenvalue weighted by Gasteiger charge is -2.04. The van der Waals surface area contributed by atoms with Crippen molar-refractivity contribution in [3.05, 3.63) is 53.6 Å². The van der Waals surface area contributed by atoms with Crippen molar-refractivity contribution in [1.82, 2.24) is 0 Å².